The number of nitrogens with zero attached hydrogens (tertiary/aromatic N) is 1. The molecule has 4 rings (SSSR count). The number of aliphatic hydroxyl groups excluding tert-OH is 3. The van der Waals surface area contributed by atoms with Crippen LogP contribution in [0, 0.1) is 11.8 Å². The highest BCUT2D eigenvalue weighted by atomic mass is 16.4. The van der Waals surface area contributed by atoms with Crippen LogP contribution in [0.25, 0.3) is 5.76 Å². The van der Waals surface area contributed by atoms with E-state index in [9.17, 15) is 39.9 Å². The number of fused-ring (bicyclic) bond motifs is 3. The van der Waals surface area contributed by atoms with Gasteiger partial charge in [-0.25, -0.2) is 0 Å². The summed E-state index contributed by atoms with van der Waals surface area (Å²) in [5, 5.41) is 54.9. The van der Waals surface area contributed by atoms with Crippen LogP contribution in [0.15, 0.2) is 35.1 Å². The number of aliphatic hydroxyl groups is 4. The Bertz CT molecular complexity index is 1140. The van der Waals surface area contributed by atoms with Gasteiger partial charge in [-0.1, -0.05) is 19.1 Å². The molecule has 10 nitrogen and oxygen atoms in total. The number of Topliss-reactive ketones (excluding diaryl/α,β-unsaturated/α-hetero) is 2. The zero-order valence-electron chi connectivity index (χ0n) is 17.6. The maximum atomic E-state index is 13.7. The Morgan fingerprint density at radius 1 is 1.16 bits per heavy atom. The highest BCUT2D eigenvalue weighted by molar-refractivity contribution is 6.24. The maximum Gasteiger partial charge on any atom is 0.255 e. The minimum atomic E-state index is -2.89. The average molecular weight is 444 g/mol. The average Bonchev–Trinajstić information content (AvgIpc) is 2.70. The van der Waals surface area contributed by atoms with Gasteiger partial charge in [0.2, 0.25) is 5.78 Å². The van der Waals surface area contributed by atoms with Crippen molar-refractivity contribution in [1.82, 2.24) is 4.90 Å². The molecule has 1 fully saturated rings. The number of amides is 1. The number of carbonyl (C=O) groups is 3. The molecule has 10 heteroatoms. The normalized spacial score (nSPS) is 34.4. The lowest BCUT2D eigenvalue weighted by molar-refractivity contribution is -0.169. The number of phenolic OH excluding ortho intramolecular Hbond substituents is 1. The molecule has 6 atom stereocenters. The zero-order chi connectivity index (χ0) is 23.9. The van der Waals surface area contributed by atoms with Crippen LogP contribution in [0.2, 0.25) is 0 Å². The topological polar surface area (TPSA) is 182 Å². The lowest BCUT2D eigenvalue weighted by Crippen LogP contribution is -2.70. The first-order chi connectivity index (χ1) is 14.9. The molecule has 0 saturated heterocycles. The Morgan fingerprint density at radius 3 is 2.34 bits per heavy atom. The first-order valence-corrected chi connectivity index (χ1v) is 10.0. The third kappa shape index (κ3) is 2.48. The first kappa shape index (κ1) is 22.0. The number of benzene rings is 1. The molecule has 1 saturated carbocycles. The number of aromatic hydroxyl groups is 1. The van der Waals surface area contributed by atoms with Crippen molar-refractivity contribution in [2.75, 3.05) is 14.1 Å². The Kier molecular flexibility index (Phi) is 4.74. The number of hydrogen-bond acceptors (Lipinski definition) is 9. The van der Waals surface area contributed by atoms with Crippen molar-refractivity contribution >= 4 is 23.2 Å². The molecule has 7 N–H and O–H groups in total. The molecule has 0 heterocycles. The number of carbonyl (C=O) groups excluding carboxylic acids is 3. The third-order valence-corrected chi connectivity index (χ3v) is 6.99. The molecule has 0 unspecified atom stereocenters. The zero-order valence-corrected chi connectivity index (χ0v) is 17.6. The smallest absolute Gasteiger partial charge is 0.255 e. The number of likely N-dealkylation sites (N-methyl/N-ethyl adjacent to an activating group) is 1. The summed E-state index contributed by atoms with van der Waals surface area (Å²) in [5.41, 5.74) is 1.47. The van der Waals surface area contributed by atoms with Crippen molar-refractivity contribution in [2.45, 2.75) is 30.6 Å². The molecule has 32 heavy (non-hydrogen) atoms. The fourth-order valence-corrected chi connectivity index (χ4v) is 5.58. The van der Waals surface area contributed by atoms with Crippen molar-refractivity contribution in [1.29, 1.82) is 0 Å². The summed E-state index contributed by atoms with van der Waals surface area (Å²) in [4.78, 5) is 40.0. The van der Waals surface area contributed by atoms with E-state index < -0.39 is 75.6 Å². The number of ketones is 2. The number of primary amides is 1. The van der Waals surface area contributed by atoms with Crippen LogP contribution in [-0.4, -0.2) is 79.7 Å². The third-order valence-electron chi connectivity index (χ3n) is 6.99. The van der Waals surface area contributed by atoms with E-state index in [-0.39, 0.29) is 11.3 Å². The summed E-state index contributed by atoms with van der Waals surface area (Å²) in [5.74, 6) is -8.87. The van der Waals surface area contributed by atoms with Gasteiger partial charge in [0.05, 0.1) is 23.6 Å². The van der Waals surface area contributed by atoms with E-state index in [1.165, 1.54) is 25.1 Å². The van der Waals surface area contributed by atoms with Gasteiger partial charge >= 0.3 is 0 Å². The van der Waals surface area contributed by atoms with Gasteiger partial charge in [0.15, 0.2) is 11.4 Å². The number of phenols is 1. The van der Waals surface area contributed by atoms with Gasteiger partial charge < -0.3 is 31.3 Å². The van der Waals surface area contributed by atoms with Crippen molar-refractivity contribution in [3.8, 4) is 5.75 Å². The number of nitrogens with two attached hydrogens (primary N) is 1. The molecular weight excluding hydrogens is 420 g/mol. The van der Waals surface area contributed by atoms with Gasteiger partial charge in [0.25, 0.3) is 5.91 Å². The second-order valence-corrected chi connectivity index (χ2v) is 8.79. The Balaban J connectivity index is 2.07. The molecule has 0 aliphatic heterocycles. The lowest BCUT2D eigenvalue weighted by atomic mass is 9.54. The quantitative estimate of drug-likeness (QED) is 0.327. The van der Waals surface area contributed by atoms with Gasteiger partial charge in [-0.2, -0.15) is 0 Å². The summed E-state index contributed by atoms with van der Waals surface area (Å²) in [6.45, 7) is 1.68. The highest BCUT2D eigenvalue weighted by Gasteiger charge is 2.68. The summed E-state index contributed by atoms with van der Waals surface area (Å²) in [6, 6.07) is 3.13. The molecule has 3 aliphatic rings. The van der Waals surface area contributed by atoms with Gasteiger partial charge in [0, 0.05) is 11.5 Å². The fraction of sp³-hybridized carbons (Fsp3) is 0.409. The van der Waals surface area contributed by atoms with E-state index in [4.69, 9.17) is 5.73 Å². The van der Waals surface area contributed by atoms with Gasteiger partial charge in [-0.15, -0.1) is 0 Å². The Labute approximate surface area is 182 Å². The van der Waals surface area contributed by atoms with E-state index >= 15 is 0 Å². The van der Waals surface area contributed by atoms with Crippen molar-refractivity contribution < 1.29 is 39.9 Å². The van der Waals surface area contributed by atoms with Crippen LogP contribution in [-0.2, 0) is 14.4 Å². The van der Waals surface area contributed by atoms with Crippen LogP contribution < -0.4 is 5.73 Å². The van der Waals surface area contributed by atoms with E-state index in [1.807, 2.05) is 0 Å². The van der Waals surface area contributed by atoms with Crippen LogP contribution in [0.3, 0.4) is 0 Å². The second kappa shape index (κ2) is 6.89. The number of hydrogen-bond donors (Lipinski definition) is 6. The summed E-state index contributed by atoms with van der Waals surface area (Å²) < 4.78 is 0. The molecule has 170 valence electrons. The molecule has 1 aromatic rings. The maximum absolute atomic E-state index is 13.7. The predicted octanol–water partition coefficient (Wildman–Crippen LogP) is -0.504. The fourth-order valence-electron chi connectivity index (χ4n) is 5.58. The molecule has 1 amide bonds. The van der Waals surface area contributed by atoms with E-state index in [1.54, 1.807) is 19.1 Å². The second-order valence-electron chi connectivity index (χ2n) is 8.79. The monoisotopic (exact) mass is 444 g/mol. The minimum Gasteiger partial charge on any atom is -0.508 e. The highest BCUT2D eigenvalue weighted by Crippen LogP contribution is 2.55. The SMILES string of the molecule is C[C@H]1c2cccc(O)c2C(O)=C2C(=O)[C@@]3(O)C(O)=C(C(N)=O)C(=O)[C@@H](N(C)C)[C@H]3[C@@H](O)[C@@H]21. The van der Waals surface area contributed by atoms with Crippen LogP contribution in [0.1, 0.15) is 24.0 Å². The minimum absolute atomic E-state index is 0.0245. The largest absolute Gasteiger partial charge is 0.508 e. The van der Waals surface area contributed by atoms with Gasteiger partial charge in [-0.3, -0.25) is 19.3 Å². The molecule has 1 aromatic carbocycles. The summed E-state index contributed by atoms with van der Waals surface area (Å²) in [7, 11) is 2.92. The van der Waals surface area contributed by atoms with E-state index in [0.29, 0.717) is 5.56 Å². The molecule has 0 spiro atoms. The standard InChI is InChI=1S/C22H24N2O8/c1-7-8-5-4-6-9(25)11(8)16(26)12-10(7)17(27)14-15(24(2)3)18(28)13(21(23)31)20(30)22(14,32)19(12)29/h4-7,10,14-15,17,25-27,30,32H,1-3H3,(H2,23,31)/t7-,10+,14-,15-,17-,22+/m0/s1. The Morgan fingerprint density at radius 2 is 1.78 bits per heavy atom. The Hall–Kier alpha value is -3.21. The van der Waals surface area contributed by atoms with Crippen LogP contribution >= 0.6 is 0 Å². The molecular formula is C22H24N2O8. The summed E-state index contributed by atoms with van der Waals surface area (Å²) >= 11 is 0. The van der Waals surface area contributed by atoms with E-state index in [2.05, 4.69) is 0 Å². The molecule has 0 aromatic heterocycles. The lowest BCUT2D eigenvalue weighted by Gasteiger charge is -2.53. The summed E-state index contributed by atoms with van der Waals surface area (Å²) in [6.07, 6.45) is -1.59. The van der Waals surface area contributed by atoms with Crippen molar-refractivity contribution in [2.24, 2.45) is 17.6 Å². The molecule has 0 radical (unpaired) electrons. The van der Waals surface area contributed by atoms with E-state index in [0.717, 1.165) is 0 Å². The van der Waals surface area contributed by atoms with Crippen molar-refractivity contribution in [3.05, 3.63) is 46.2 Å². The van der Waals surface area contributed by atoms with Crippen LogP contribution in [0.5, 0.6) is 5.75 Å². The first-order valence-electron chi connectivity index (χ1n) is 10.0. The van der Waals surface area contributed by atoms with Gasteiger partial charge in [0.1, 0.15) is 22.8 Å². The van der Waals surface area contributed by atoms with Crippen molar-refractivity contribution in [3.63, 3.8) is 0 Å². The molecule has 0 bridgehead atoms. The molecule has 3 aliphatic carbocycles. The number of rotatable bonds is 2. The van der Waals surface area contributed by atoms with Crippen LogP contribution in [0.4, 0.5) is 0 Å². The predicted molar refractivity (Wildman–Crippen MR) is 110 cm³/mol. The van der Waals surface area contributed by atoms with Gasteiger partial charge in [-0.05, 0) is 31.6 Å².